The predicted octanol–water partition coefficient (Wildman–Crippen LogP) is 1.62. The zero-order chi connectivity index (χ0) is 16.4. The summed E-state index contributed by atoms with van der Waals surface area (Å²) in [7, 11) is 0. The Morgan fingerprint density at radius 3 is 2.78 bits per heavy atom. The molecule has 0 unspecified atom stereocenters. The van der Waals surface area contributed by atoms with Crippen molar-refractivity contribution < 1.29 is 9.59 Å². The molecule has 2 amide bonds. The summed E-state index contributed by atoms with van der Waals surface area (Å²) in [6.07, 6.45) is 8.57. The number of imidazole rings is 1. The molecule has 3 heterocycles. The van der Waals surface area contributed by atoms with Crippen LogP contribution in [0.3, 0.4) is 0 Å². The highest BCUT2D eigenvalue weighted by molar-refractivity contribution is 5.87. The fourth-order valence-corrected chi connectivity index (χ4v) is 3.94. The Kier molecular flexibility index (Phi) is 4.68. The van der Waals surface area contributed by atoms with Crippen molar-refractivity contribution in [1.82, 2.24) is 19.4 Å². The highest BCUT2D eigenvalue weighted by Crippen LogP contribution is 2.26. The second-order valence-corrected chi connectivity index (χ2v) is 6.56. The van der Waals surface area contributed by atoms with Crippen LogP contribution in [0.25, 0.3) is 0 Å². The topological polar surface area (TPSA) is 58.4 Å². The van der Waals surface area contributed by atoms with Gasteiger partial charge in [0.15, 0.2) is 0 Å². The maximum atomic E-state index is 12.9. The maximum absolute atomic E-state index is 12.9. The van der Waals surface area contributed by atoms with Gasteiger partial charge in [0.2, 0.25) is 11.8 Å². The minimum atomic E-state index is -0.250. The van der Waals surface area contributed by atoms with Crippen molar-refractivity contribution in [3.63, 3.8) is 0 Å². The lowest BCUT2D eigenvalue weighted by Crippen LogP contribution is -2.50. The van der Waals surface area contributed by atoms with Gasteiger partial charge in [-0.05, 0) is 25.7 Å². The summed E-state index contributed by atoms with van der Waals surface area (Å²) in [5.41, 5.74) is 0. The number of likely N-dealkylation sites (tertiary alicyclic amines) is 2. The first kappa shape index (κ1) is 16.0. The van der Waals surface area contributed by atoms with Crippen LogP contribution in [0.2, 0.25) is 0 Å². The minimum absolute atomic E-state index is 0.0114. The highest BCUT2D eigenvalue weighted by atomic mass is 16.2. The van der Waals surface area contributed by atoms with Crippen LogP contribution < -0.4 is 0 Å². The van der Waals surface area contributed by atoms with E-state index in [0.29, 0.717) is 12.6 Å². The highest BCUT2D eigenvalue weighted by Gasteiger charge is 2.37. The van der Waals surface area contributed by atoms with E-state index in [-0.39, 0.29) is 17.9 Å². The van der Waals surface area contributed by atoms with E-state index in [9.17, 15) is 9.59 Å². The van der Waals surface area contributed by atoms with Crippen LogP contribution in [-0.2, 0) is 16.0 Å². The van der Waals surface area contributed by atoms with Gasteiger partial charge in [0.05, 0.1) is 6.04 Å². The lowest BCUT2D eigenvalue weighted by molar-refractivity contribution is -0.144. The van der Waals surface area contributed by atoms with Crippen LogP contribution in [0.15, 0.2) is 12.4 Å². The van der Waals surface area contributed by atoms with E-state index in [2.05, 4.69) is 16.5 Å². The van der Waals surface area contributed by atoms with Gasteiger partial charge in [-0.1, -0.05) is 6.92 Å². The molecule has 1 aromatic rings. The third kappa shape index (κ3) is 3.12. The van der Waals surface area contributed by atoms with Gasteiger partial charge in [-0.15, -0.1) is 0 Å². The molecule has 2 aliphatic rings. The van der Waals surface area contributed by atoms with E-state index >= 15 is 0 Å². The Balaban J connectivity index is 1.71. The molecule has 2 fully saturated rings. The van der Waals surface area contributed by atoms with Crippen molar-refractivity contribution in [3.8, 4) is 0 Å². The van der Waals surface area contributed by atoms with Crippen molar-refractivity contribution in [3.05, 3.63) is 18.2 Å². The molecule has 0 radical (unpaired) electrons. The van der Waals surface area contributed by atoms with Gasteiger partial charge < -0.3 is 14.4 Å². The summed E-state index contributed by atoms with van der Waals surface area (Å²) in [6.45, 7) is 5.90. The summed E-state index contributed by atoms with van der Waals surface area (Å²) < 4.78 is 2.22. The van der Waals surface area contributed by atoms with Crippen LogP contribution in [0.5, 0.6) is 0 Å². The maximum Gasteiger partial charge on any atom is 0.245 e. The molecule has 3 rings (SSSR count). The molecular formula is C17H26N4O2. The quantitative estimate of drug-likeness (QED) is 0.851. The second kappa shape index (κ2) is 6.72. The number of piperidine rings is 1. The number of hydrogen-bond donors (Lipinski definition) is 0. The van der Waals surface area contributed by atoms with E-state index in [0.717, 1.165) is 51.0 Å². The third-order valence-corrected chi connectivity index (χ3v) is 5.11. The summed E-state index contributed by atoms with van der Waals surface area (Å²) in [5.74, 6) is 1.22. The van der Waals surface area contributed by atoms with E-state index in [1.165, 1.54) is 0 Å². The fraction of sp³-hybridized carbons (Fsp3) is 0.706. The average molecular weight is 318 g/mol. The van der Waals surface area contributed by atoms with Gasteiger partial charge in [0, 0.05) is 45.4 Å². The Bertz CT molecular complexity index is 583. The average Bonchev–Trinajstić information content (AvgIpc) is 3.23. The number of amides is 2. The van der Waals surface area contributed by atoms with Gasteiger partial charge in [0.1, 0.15) is 11.9 Å². The van der Waals surface area contributed by atoms with Crippen molar-refractivity contribution in [2.24, 2.45) is 0 Å². The van der Waals surface area contributed by atoms with Crippen LogP contribution in [0.4, 0.5) is 0 Å². The second-order valence-electron chi connectivity index (χ2n) is 6.56. The molecular weight excluding hydrogens is 292 g/mol. The SMILES string of the molecule is CCc1nccn1[C@H]1CCCN(C(=O)[C@H]2CCCN2C(C)=O)C1. The van der Waals surface area contributed by atoms with E-state index < -0.39 is 0 Å². The summed E-state index contributed by atoms with van der Waals surface area (Å²) >= 11 is 0. The molecule has 23 heavy (non-hydrogen) atoms. The Morgan fingerprint density at radius 1 is 1.26 bits per heavy atom. The number of nitrogens with zero attached hydrogens (tertiary/aromatic N) is 4. The number of aromatic nitrogens is 2. The molecule has 2 aliphatic heterocycles. The molecule has 6 heteroatoms. The molecule has 6 nitrogen and oxygen atoms in total. The van der Waals surface area contributed by atoms with Crippen LogP contribution in [-0.4, -0.2) is 56.8 Å². The predicted molar refractivity (Wildman–Crippen MR) is 86.9 cm³/mol. The number of rotatable bonds is 3. The minimum Gasteiger partial charge on any atom is -0.339 e. The molecule has 0 aliphatic carbocycles. The molecule has 0 saturated carbocycles. The van der Waals surface area contributed by atoms with Gasteiger partial charge in [-0.25, -0.2) is 4.98 Å². The molecule has 126 valence electrons. The molecule has 0 aromatic carbocycles. The zero-order valence-electron chi connectivity index (χ0n) is 14.1. The van der Waals surface area contributed by atoms with Crippen molar-refractivity contribution in [2.75, 3.05) is 19.6 Å². The van der Waals surface area contributed by atoms with Crippen LogP contribution >= 0.6 is 0 Å². The largest absolute Gasteiger partial charge is 0.339 e. The van der Waals surface area contributed by atoms with Crippen molar-refractivity contribution in [2.45, 2.75) is 58.0 Å². The lowest BCUT2D eigenvalue weighted by atomic mass is 10.0. The zero-order valence-corrected chi connectivity index (χ0v) is 14.1. The van der Waals surface area contributed by atoms with Crippen molar-refractivity contribution in [1.29, 1.82) is 0 Å². The number of carbonyl (C=O) groups is 2. The first-order valence-corrected chi connectivity index (χ1v) is 8.69. The first-order valence-electron chi connectivity index (χ1n) is 8.69. The van der Waals surface area contributed by atoms with Gasteiger partial charge in [-0.2, -0.15) is 0 Å². The van der Waals surface area contributed by atoms with E-state index in [1.54, 1.807) is 11.8 Å². The molecule has 0 bridgehead atoms. The van der Waals surface area contributed by atoms with Gasteiger partial charge >= 0.3 is 0 Å². The van der Waals surface area contributed by atoms with E-state index in [1.807, 2.05) is 17.3 Å². The third-order valence-electron chi connectivity index (χ3n) is 5.11. The van der Waals surface area contributed by atoms with E-state index in [4.69, 9.17) is 0 Å². The van der Waals surface area contributed by atoms with Gasteiger partial charge in [-0.3, -0.25) is 9.59 Å². The fourth-order valence-electron chi connectivity index (χ4n) is 3.94. The summed E-state index contributed by atoms with van der Waals surface area (Å²) in [6, 6.07) is 0.0528. The molecule has 2 atom stereocenters. The Morgan fingerprint density at radius 2 is 2.04 bits per heavy atom. The molecule has 0 spiro atoms. The Labute approximate surface area is 137 Å². The number of aryl methyl sites for hydroxylation is 1. The lowest BCUT2D eigenvalue weighted by Gasteiger charge is -2.36. The van der Waals surface area contributed by atoms with Crippen LogP contribution in [0.1, 0.15) is 51.4 Å². The van der Waals surface area contributed by atoms with Crippen LogP contribution in [0, 0.1) is 0 Å². The first-order chi connectivity index (χ1) is 11.1. The monoisotopic (exact) mass is 318 g/mol. The van der Waals surface area contributed by atoms with Gasteiger partial charge in [0.25, 0.3) is 0 Å². The summed E-state index contributed by atoms with van der Waals surface area (Å²) in [5, 5.41) is 0. The number of hydrogen-bond acceptors (Lipinski definition) is 3. The smallest absolute Gasteiger partial charge is 0.245 e. The normalized spacial score (nSPS) is 25.0. The standard InChI is InChI=1S/C17H26N4O2/c1-3-16-18-8-11-21(16)14-6-4-9-19(12-14)17(23)15-7-5-10-20(15)13(2)22/h8,11,14-15H,3-7,9-10,12H2,1-2H3/t14-,15+/m0/s1. The summed E-state index contributed by atoms with van der Waals surface area (Å²) in [4.78, 5) is 32.7. The Hall–Kier alpha value is -1.85. The molecule has 0 N–H and O–H groups in total. The number of carbonyl (C=O) groups excluding carboxylic acids is 2. The van der Waals surface area contributed by atoms with Crippen molar-refractivity contribution >= 4 is 11.8 Å². The molecule has 2 saturated heterocycles. The molecule has 1 aromatic heterocycles.